The standard InChI is InChI=1S/C17H25NO/c1-12-3-9-16(10-4-12)19-11-13(2)18-17(14-5-6-14)15-7-8-15/h3-4,9-10,13-15,17-18H,5-8,11H2,1-2H3. The number of aryl methyl sites for hydroxylation is 1. The van der Waals surface area contributed by atoms with Crippen LogP contribution in [0.3, 0.4) is 0 Å². The van der Waals surface area contributed by atoms with Gasteiger partial charge in [-0.05, 0) is 63.5 Å². The van der Waals surface area contributed by atoms with Gasteiger partial charge in [-0.3, -0.25) is 0 Å². The lowest BCUT2D eigenvalue weighted by molar-refractivity contribution is 0.248. The summed E-state index contributed by atoms with van der Waals surface area (Å²) >= 11 is 0. The van der Waals surface area contributed by atoms with Gasteiger partial charge in [-0.25, -0.2) is 0 Å². The van der Waals surface area contributed by atoms with Crippen molar-refractivity contribution >= 4 is 0 Å². The Kier molecular flexibility index (Phi) is 3.79. The molecule has 0 radical (unpaired) electrons. The van der Waals surface area contributed by atoms with Crippen LogP contribution in [0.4, 0.5) is 0 Å². The van der Waals surface area contributed by atoms with Gasteiger partial charge in [0, 0.05) is 12.1 Å². The number of nitrogens with one attached hydrogen (secondary N) is 1. The molecule has 3 rings (SSSR count). The fraction of sp³-hybridized carbons (Fsp3) is 0.647. The van der Waals surface area contributed by atoms with Gasteiger partial charge in [0.05, 0.1) is 0 Å². The molecule has 1 aromatic carbocycles. The van der Waals surface area contributed by atoms with Crippen LogP contribution in [0.5, 0.6) is 5.75 Å². The number of ether oxygens (including phenoxy) is 1. The average Bonchev–Trinajstić information content (AvgIpc) is 3.29. The van der Waals surface area contributed by atoms with E-state index in [1.165, 1.54) is 31.2 Å². The second kappa shape index (κ2) is 5.54. The number of hydrogen-bond acceptors (Lipinski definition) is 2. The molecule has 1 N–H and O–H groups in total. The van der Waals surface area contributed by atoms with E-state index in [2.05, 4.69) is 43.4 Å². The Hall–Kier alpha value is -1.02. The maximum absolute atomic E-state index is 5.86. The van der Waals surface area contributed by atoms with Gasteiger partial charge in [0.1, 0.15) is 12.4 Å². The van der Waals surface area contributed by atoms with E-state index >= 15 is 0 Å². The van der Waals surface area contributed by atoms with E-state index in [0.717, 1.165) is 30.2 Å². The first-order valence-corrected chi connectivity index (χ1v) is 7.68. The van der Waals surface area contributed by atoms with Crippen molar-refractivity contribution in [2.45, 2.75) is 51.6 Å². The molecule has 2 nitrogen and oxygen atoms in total. The third kappa shape index (κ3) is 3.73. The number of hydrogen-bond donors (Lipinski definition) is 1. The van der Waals surface area contributed by atoms with Gasteiger partial charge in [0.15, 0.2) is 0 Å². The molecule has 2 aliphatic carbocycles. The Morgan fingerprint density at radius 2 is 1.68 bits per heavy atom. The van der Waals surface area contributed by atoms with Gasteiger partial charge >= 0.3 is 0 Å². The largest absolute Gasteiger partial charge is 0.492 e. The summed E-state index contributed by atoms with van der Waals surface area (Å²) in [6.07, 6.45) is 5.72. The summed E-state index contributed by atoms with van der Waals surface area (Å²) in [5.41, 5.74) is 1.28. The third-order valence-electron chi connectivity index (χ3n) is 4.26. The Balaban J connectivity index is 1.45. The van der Waals surface area contributed by atoms with Crippen LogP contribution in [0, 0.1) is 18.8 Å². The molecule has 1 atom stereocenters. The molecule has 2 aliphatic rings. The summed E-state index contributed by atoms with van der Waals surface area (Å²) < 4.78 is 5.86. The Bertz CT molecular complexity index is 394. The van der Waals surface area contributed by atoms with E-state index in [1.807, 2.05) is 0 Å². The van der Waals surface area contributed by atoms with E-state index in [0.29, 0.717) is 6.04 Å². The molecule has 2 heteroatoms. The first-order valence-electron chi connectivity index (χ1n) is 7.68. The fourth-order valence-electron chi connectivity index (χ4n) is 2.80. The molecule has 0 bridgehead atoms. The zero-order valence-corrected chi connectivity index (χ0v) is 12.1. The fourth-order valence-corrected chi connectivity index (χ4v) is 2.80. The minimum absolute atomic E-state index is 0.438. The second-order valence-corrected chi connectivity index (χ2v) is 6.39. The maximum Gasteiger partial charge on any atom is 0.119 e. The van der Waals surface area contributed by atoms with Crippen molar-refractivity contribution in [3.05, 3.63) is 29.8 Å². The molecule has 0 saturated heterocycles. The minimum Gasteiger partial charge on any atom is -0.492 e. The highest BCUT2D eigenvalue weighted by atomic mass is 16.5. The zero-order valence-electron chi connectivity index (χ0n) is 12.1. The van der Waals surface area contributed by atoms with Crippen LogP contribution in [-0.4, -0.2) is 18.7 Å². The summed E-state index contributed by atoms with van der Waals surface area (Å²) in [4.78, 5) is 0. The lowest BCUT2D eigenvalue weighted by atomic mass is 10.1. The van der Waals surface area contributed by atoms with Gasteiger partial charge < -0.3 is 10.1 Å². The predicted octanol–water partition coefficient (Wildman–Crippen LogP) is 3.54. The molecule has 1 unspecified atom stereocenters. The lowest BCUT2D eigenvalue weighted by Crippen LogP contribution is -2.42. The van der Waals surface area contributed by atoms with Crippen LogP contribution < -0.4 is 10.1 Å². The molecular weight excluding hydrogens is 234 g/mol. The van der Waals surface area contributed by atoms with Crippen molar-refractivity contribution < 1.29 is 4.74 Å². The predicted molar refractivity (Wildman–Crippen MR) is 78.5 cm³/mol. The van der Waals surface area contributed by atoms with Crippen molar-refractivity contribution in [3.8, 4) is 5.75 Å². The Morgan fingerprint density at radius 1 is 1.11 bits per heavy atom. The summed E-state index contributed by atoms with van der Waals surface area (Å²) in [5.74, 6) is 2.89. The quantitative estimate of drug-likeness (QED) is 0.808. The molecule has 19 heavy (non-hydrogen) atoms. The normalized spacial score (nSPS) is 20.6. The monoisotopic (exact) mass is 259 g/mol. The second-order valence-electron chi connectivity index (χ2n) is 6.39. The van der Waals surface area contributed by atoms with E-state index in [1.54, 1.807) is 0 Å². The van der Waals surface area contributed by atoms with Crippen LogP contribution in [0.2, 0.25) is 0 Å². The molecule has 0 heterocycles. The summed E-state index contributed by atoms with van der Waals surface area (Å²) in [5, 5.41) is 3.80. The van der Waals surface area contributed by atoms with Crippen LogP contribution >= 0.6 is 0 Å². The van der Waals surface area contributed by atoms with Crippen molar-refractivity contribution in [2.24, 2.45) is 11.8 Å². The molecular formula is C17H25NO. The topological polar surface area (TPSA) is 21.3 Å². The third-order valence-corrected chi connectivity index (χ3v) is 4.26. The Morgan fingerprint density at radius 3 is 2.21 bits per heavy atom. The van der Waals surface area contributed by atoms with Gasteiger partial charge in [-0.2, -0.15) is 0 Å². The molecule has 1 aromatic rings. The maximum atomic E-state index is 5.86. The molecule has 2 fully saturated rings. The smallest absolute Gasteiger partial charge is 0.119 e. The first-order chi connectivity index (χ1) is 9.22. The summed E-state index contributed by atoms with van der Waals surface area (Å²) in [6, 6.07) is 9.52. The van der Waals surface area contributed by atoms with Gasteiger partial charge in [-0.1, -0.05) is 17.7 Å². The zero-order chi connectivity index (χ0) is 13.2. The lowest BCUT2D eigenvalue weighted by Gasteiger charge is -2.23. The van der Waals surface area contributed by atoms with E-state index in [-0.39, 0.29) is 0 Å². The van der Waals surface area contributed by atoms with Gasteiger partial charge in [0.2, 0.25) is 0 Å². The summed E-state index contributed by atoms with van der Waals surface area (Å²) in [7, 11) is 0. The highest BCUT2D eigenvalue weighted by Crippen LogP contribution is 2.44. The minimum atomic E-state index is 0.438. The molecule has 104 valence electrons. The SMILES string of the molecule is Cc1ccc(OCC(C)NC(C2CC2)C2CC2)cc1. The molecule has 0 spiro atoms. The molecule has 0 amide bonds. The van der Waals surface area contributed by atoms with E-state index in [4.69, 9.17) is 4.74 Å². The molecule has 0 aliphatic heterocycles. The molecule has 0 aromatic heterocycles. The van der Waals surface area contributed by atoms with Crippen LogP contribution in [-0.2, 0) is 0 Å². The average molecular weight is 259 g/mol. The van der Waals surface area contributed by atoms with Crippen molar-refractivity contribution in [2.75, 3.05) is 6.61 Å². The van der Waals surface area contributed by atoms with Gasteiger partial charge in [0.25, 0.3) is 0 Å². The highest BCUT2D eigenvalue weighted by Gasteiger charge is 2.41. The van der Waals surface area contributed by atoms with Crippen molar-refractivity contribution in [1.29, 1.82) is 0 Å². The number of rotatable bonds is 7. The van der Waals surface area contributed by atoms with Crippen LogP contribution in [0.1, 0.15) is 38.2 Å². The number of benzene rings is 1. The summed E-state index contributed by atoms with van der Waals surface area (Å²) in [6.45, 7) is 5.11. The van der Waals surface area contributed by atoms with Crippen LogP contribution in [0.15, 0.2) is 24.3 Å². The Labute approximate surface area is 116 Å². The van der Waals surface area contributed by atoms with Gasteiger partial charge in [-0.15, -0.1) is 0 Å². The van der Waals surface area contributed by atoms with Crippen LogP contribution in [0.25, 0.3) is 0 Å². The van der Waals surface area contributed by atoms with Crippen molar-refractivity contribution in [1.82, 2.24) is 5.32 Å². The molecule has 2 saturated carbocycles. The highest BCUT2D eigenvalue weighted by molar-refractivity contribution is 5.26. The first kappa shape index (κ1) is 13.0. The van der Waals surface area contributed by atoms with E-state index in [9.17, 15) is 0 Å². The van der Waals surface area contributed by atoms with E-state index < -0.39 is 0 Å². The van der Waals surface area contributed by atoms with Crippen molar-refractivity contribution in [3.63, 3.8) is 0 Å².